The lowest BCUT2D eigenvalue weighted by atomic mass is 9.95. The summed E-state index contributed by atoms with van der Waals surface area (Å²) in [5.74, 6) is 0.0471. The van der Waals surface area contributed by atoms with Gasteiger partial charge < -0.3 is 15.0 Å². The number of carbonyl (C=O) groups excluding carboxylic acids is 2. The fraction of sp³-hybridized carbons (Fsp3) is 0.556. The molecular formula is C18H23ClN2O3. The summed E-state index contributed by atoms with van der Waals surface area (Å²) in [6.07, 6.45) is 3.66. The summed E-state index contributed by atoms with van der Waals surface area (Å²) in [7, 11) is 0. The van der Waals surface area contributed by atoms with Crippen molar-refractivity contribution in [2.75, 3.05) is 26.2 Å². The van der Waals surface area contributed by atoms with Crippen LogP contribution in [-0.2, 0) is 9.53 Å². The highest BCUT2D eigenvalue weighted by Gasteiger charge is 2.28. The van der Waals surface area contributed by atoms with E-state index in [1.807, 2.05) is 0 Å². The lowest BCUT2D eigenvalue weighted by Gasteiger charge is -2.31. The summed E-state index contributed by atoms with van der Waals surface area (Å²) < 4.78 is 5.52. The van der Waals surface area contributed by atoms with Crippen molar-refractivity contribution in [2.24, 2.45) is 5.92 Å². The summed E-state index contributed by atoms with van der Waals surface area (Å²) in [4.78, 5) is 26.5. The fourth-order valence-corrected chi connectivity index (χ4v) is 3.50. The van der Waals surface area contributed by atoms with Gasteiger partial charge in [0.2, 0.25) is 5.91 Å². The number of hydrogen-bond acceptors (Lipinski definition) is 3. The number of rotatable bonds is 4. The normalized spacial score (nSPS) is 21.7. The van der Waals surface area contributed by atoms with Crippen LogP contribution in [0.1, 0.15) is 36.0 Å². The van der Waals surface area contributed by atoms with E-state index in [0.717, 1.165) is 19.4 Å². The second kappa shape index (κ2) is 7.99. The molecule has 0 bridgehead atoms. The average Bonchev–Trinajstić information content (AvgIpc) is 3.13. The Bertz CT molecular complexity index is 594. The monoisotopic (exact) mass is 350 g/mol. The van der Waals surface area contributed by atoms with Gasteiger partial charge >= 0.3 is 0 Å². The average molecular weight is 351 g/mol. The van der Waals surface area contributed by atoms with E-state index in [9.17, 15) is 9.59 Å². The molecule has 1 N–H and O–H groups in total. The molecule has 1 unspecified atom stereocenters. The number of ether oxygens (including phenoxy) is 1. The zero-order chi connectivity index (χ0) is 16.9. The molecule has 0 spiro atoms. The number of benzene rings is 1. The van der Waals surface area contributed by atoms with Gasteiger partial charge in [0.1, 0.15) is 0 Å². The van der Waals surface area contributed by atoms with Crippen molar-refractivity contribution in [2.45, 2.75) is 31.8 Å². The van der Waals surface area contributed by atoms with E-state index in [1.165, 1.54) is 0 Å². The Hall–Kier alpha value is -1.59. The Morgan fingerprint density at radius 2 is 2.04 bits per heavy atom. The number of nitrogens with zero attached hydrogens (tertiary/aromatic N) is 1. The van der Waals surface area contributed by atoms with Crippen LogP contribution in [0.2, 0.25) is 5.02 Å². The molecule has 2 amide bonds. The van der Waals surface area contributed by atoms with Gasteiger partial charge in [-0.3, -0.25) is 9.59 Å². The standard InChI is InChI=1S/C18H23ClN2O3/c19-15-4-1-3-14(11-15)18(23)21-8-6-13(7-9-21)17(22)20-12-16-5-2-10-24-16/h1,3-4,11,13,16H,2,5-10,12H2,(H,20,22). The van der Waals surface area contributed by atoms with Crippen LogP contribution in [0.3, 0.4) is 0 Å². The summed E-state index contributed by atoms with van der Waals surface area (Å²) in [5.41, 5.74) is 0.601. The van der Waals surface area contributed by atoms with Gasteiger partial charge in [0.25, 0.3) is 5.91 Å². The second-order valence-electron chi connectivity index (χ2n) is 6.46. The first-order valence-electron chi connectivity index (χ1n) is 8.57. The first kappa shape index (κ1) is 17.2. The molecule has 3 rings (SSSR count). The Morgan fingerprint density at radius 3 is 2.71 bits per heavy atom. The molecule has 1 aromatic carbocycles. The van der Waals surface area contributed by atoms with Crippen molar-refractivity contribution < 1.29 is 14.3 Å². The number of piperidine rings is 1. The minimum Gasteiger partial charge on any atom is -0.376 e. The molecule has 2 heterocycles. The van der Waals surface area contributed by atoms with E-state index in [2.05, 4.69) is 5.32 Å². The van der Waals surface area contributed by atoms with Gasteiger partial charge in [-0.1, -0.05) is 17.7 Å². The highest BCUT2D eigenvalue weighted by atomic mass is 35.5. The lowest BCUT2D eigenvalue weighted by molar-refractivity contribution is -0.126. The molecule has 6 heteroatoms. The molecule has 1 aromatic rings. The second-order valence-corrected chi connectivity index (χ2v) is 6.89. The number of hydrogen-bond donors (Lipinski definition) is 1. The van der Waals surface area contributed by atoms with Crippen LogP contribution in [0.4, 0.5) is 0 Å². The van der Waals surface area contributed by atoms with E-state index in [-0.39, 0.29) is 23.8 Å². The van der Waals surface area contributed by atoms with Crippen molar-refractivity contribution in [3.05, 3.63) is 34.9 Å². The van der Waals surface area contributed by atoms with Gasteiger partial charge in [0.15, 0.2) is 0 Å². The van der Waals surface area contributed by atoms with Crippen molar-refractivity contribution in [3.63, 3.8) is 0 Å². The fourth-order valence-electron chi connectivity index (χ4n) is 3.31. The van der Waals surface area contributed by atoms with Gasteiger partial charge in [-0.2, -0.15) is 0 Å². The molecule has 5 nitrogen and oxygen atoms in total. The highest BCUT2D eigenvalue weighted by Crippen LogP contribution is 2.21. The molecule has 0 saturated carbocycles. The zero-order valence-electron chi connectivity index (χ0n) is 13.7. The van der Waals surface area contributed by atoms with Crippen LogP contribution in [0.5, 0.6) is 0 Å². The van der Waals surface area contributed by atoms with E-state index in [1.54, 1.807) is 29.2 Å². The van der Waals surface area contributed by atoms with Crippen LogP contribution in [-0.4, -0.2) is 49.1 Å². The van der Waals surface area contributed by atoms with Crippen LogP contribution in [0, 0.1) is 5.92 Å². The van der Waals surface area contributed by atoms with Gasteiger partial charge in [0, 0.05) is 42.7 Å². The third-order valence-electron chi connectivity index (χ3n) is 4.75. The maximum Gasteiger partial charge on any atom is 0.253 e. The summed E-state index contributed by atoms with van der Waals surface area (Å²) >= 11 is 5.95. The minimum atomic E-state index is -0.0187. The number of carbonyl (C=O) groups is 2. The van der Waals surface area contributed by atoms with E-state index >= 15 is 0 Å². The Morgan fingerprint density at radius 1 is 1.25 bits per heavy atom. The lowest BCUT2D eigenvalue weighted by Crippen LogP contribution is -2.44. The first-order valence-corrected chi connectivity index (χ1v) is 8.95. The number of halogens is 1. The van der Waals surface area contributed by atoms with Crippen LogP contribution < -0.4 is 5.32 Å². The predicted molar refractivity (Wildman–Crippen MR) is 92.1 cm³/mol. The van der Waals surface area contributed by atoms with Gasteiger partial charge in [0.05, 0.1) is 6.10 Å². The topological polar surface area (TPSA) is 58.6 Å². The van der Waals surface area contributed by atoms with E-state index in [0.29, 0.717) is 43.1 Å². The molecular weight excluding hydrogens is 328 g/mol. The van der Waals surface area contributed by atoms with Crippen LogP contribution in [0.15, 0.2) is 24.3 Å². The SMILES string of the molecule is O=C(NCC1CCCO1)C1CCN(C(=O)c2cccc(Cl)c2)CC1. The molecule has 2 saturated heterocycles. The predicted octanol–water partition coefficient (Wildman–Crippen LogP) is 2.49. The van der Waals surface area contributed by atoms with Gasteiger partial charge in [-0.05, 0) is 43.9 Å². The number of nitrogens with one attached hydrogen (secondary N) is 1. The smallest absolute Gasteiger partial charge is 0.253 e. The third kappa shape index (κ3) is 4.28. The maximum absolute atomic E-state index is 12.5. The molecule has 0 aromatic heterocycles. The molecule has 1 atom stereocenters. The number of likely N-dealkylation sites (tertiary alicyclic amines) is 1. The molecule has 2 fully saturated rings. The maximum atomic E-state index is 12.5. The van der Waals surface area contributed by atoms with Crippen molar-refractivity contribution >= 4 is 23.4 Å². The van der Waals surface area contributed by atoms with E-state index in [4.69, 9.17) is 16.3 Å². The Labute approximate surface area is 147 Å². The quantitative estimate of drug-likeness (QED) is 0.907. The summed E-state index contributed by atoms with van der Waals surface area (Å²) in [5, 5.41) is 3.55. The molecule has 0 radical (unpaired) electrons. The Balaban J connectivity index is 1.46. The minimum absolute atomic E-state index is 0.0179. The van der Waals surface area contributed by atoms with Gasteiger partial charge in [-0.25, -0.2) is 0 Å². The zero-order valence-corrected chi connectivity index (χ0v) is 14.4. The third-order valence-corrected chi connectivity index (χ3v) is 4.99. The molecule has 24 heavy (non-hydrogen) atoms. The van der Waals surface area contributed by atoms with Crippen LogP contribution >= 0.6 is 11.6 Å². The molecule has 2 aliphatic heterocycles. The number of amides is 2. The van der Waals surface area contributed by atoms with Gasteiger partial charge in [-0.15, -0.1) is 0 Å². The van der Waals surface area contributed by atoms with Crippen LogP contribution in [0.25, 0.3) is 0 Å². The summed E-state index contributed by atoms with van der Waals surface area (Å²) in [6, 6.07) is 6.99. The van der Waals surface area contributed by atoms with Crippen molar-refractivity contribution in [1.82, 2.24) is 10.2 Å². The largest absolute Gasteiger partial charge is 0.376 e. The Kier molecular flexibility index (Phi) is 5.74. The van der Waals surface area contributed by atoms with Crippen molar-refractivity contribution in [1.29, 1.82) is 0 Å². The van der Waals surface area contributed by atoms with E-state index < -0.39 is 0 Å². The highest BCUT2D eigenvalue weighted by molar-refractivity contribution is 6.30. The molecule has 130 valence electrons. The van der Waals surface area contributed by atoms with Crippen molar-refractivity contribution in [3.8, 4) is 0 Å². The summed E-state index contributed by atoms with van der Waals surface area (Å²) in [6.45, 7) is 2.59. The molecule has 2 aliphatic rings. The molecule has 0 aliphatic carbocycles. The first-order chi connectivity index (χ1) is 11.6.